The van der Waals surface area contributed by atoms with E-state index in [1.54, 1.807) is 24.3 Å². The summed E-state index contributed by atoms with van der Waals surface area (Å²) in [5, 5.41) is 13.4. The van der Waals surface area contributed by atoms with Crippen LogP contribution in [0.4, 0.5) is 11.4 Å². The molecular weight excluding hydrogens is 396 g/mol. The summed E-state index contributed by atoms with van der Waals surface area (Å²) >= 11 is 1.31. The molecule has 0 spiro atoms. The van der Waals surface area contributed by atoms with Crippen LogP contribution in [0, 0.1) is 6.92 Å². The van der Waals surface area contributed by atoms with Crippen molar-refractivity contribution in [3.8, 4) is 5.75 Å². The van der Waals surface area contributed by atoms with Crippen LogP contribution in [0.3, 0.4) is 0 Å². The van der Waals surface area contributed by atoms with E-state index in [4.69, 9.17) is 0 Å². The van der Waals surface area contributed by atoms with Crippen LogP contribution in [0.1, 0.15) is 17.2 Å². The number of nitrogens with one attached hydrogen (secondary N) is 1. The maximum Gasteiger partial charge on any atom is 0.272 e. The molecule has 1 atom stereocenters. The van der Waals surface area contributed by atoms with E-state index in [2.05, 4.69) is 5.32 Å². The summed E-state index contributed by atoms with van der Waals surface area (Å²) in [4.78, 5) is 29.5. The second-order valence-corrected chi connectivity index (χ2v) is 8.35. The van der Waals surface area contributed by atoms with Gasteiger partial charge in [-0.15, -0.1) is 0 Å². The van der Waals surface area contributed by atoms with Gasteiger partial charge in [-0.3, -0.25) is 9.59 Å². The highest BCUT2D eigenvalue weighted by Crippen LogP contribution is 2.48. The number of fused-ring (bicyclic) bond motifs is 1. The van der Waals surface area contributed by atoms with Gasteiger partial charge in [-0.25, -0.2) is 4.90 Å². The molecule has 148 valence electrons. The SMILES string of the molecule is Cc1cccc(N2C(=O)C3=C(C2=O)[C@@H](c2cccc(O)c2)Nc2ccccc2S3)c1. The predicted molar refractivity (Wildman–Crippen MR) is 117 cm³/mol. The first-order chi connectivity index (χ1) is 14.5. The number of imide groups is 1. The fourth-order valence-corrected chi connectivity index (χ4v) is 4.95. The standard InChI is InChI=1S/C24H18N2O3S/c1-14-6-4-8-16(12-14)26-23(28)20-21(15-7-5-9-17(27)13-15)25-18-10-2-3-11-19(18)30-22(20)24(26)29/h2-13,21,25,27H,1H3/t21-/m1/s1. The molecule has 2 N–H and O–H groups in total. The molecule has 3 aromatic carbocycles. The van der Waals surface area contributed by atoms with E-state index in [1.165, 1.54) is 16.7 Å². The summed E-state index contributed by atoms with van der Waals surface area (Å²) in [6.45, 7) is 1.93. The summed E-state index contributed by atoms with van der Waals surface area (Å²) in [6, 6.07) is 21.2. The molecule has 0 saturated heterocycles. The molecule has 2 aliphatic heterocycles. The molecule has 0 saturated carbocycles. The molecule has 2 aliphatic rings. The monoisotopic (exact) mass is 414 g/mol. The van der Waals surface area contributed by atoms with Gasteiger partial charge in [0.1, 0.15) is 5.75 Å². The van der Waals surface area contributed by atoms with Gasteiger partial charge in [0.25, 0.3) is 11.8 Å². The lowest BCUT2D eigenvalue weighted by Gasteiger charge is -2.23. The van der Waals surface area contributed by atoms with Crippen molar-refractivity contribution in [3.05, 3.63) is 94.4 Å². The van der Waals surface area contributed by atoms with E-state index in [0.29, 0.717) is 21.7 Å². The van der Waals surface area contributed by atoms with Gasteiger partial charge in [-0.2, -0.15) is 0 Å². The number of para-hydroxylation sites is 1. The van der Waals surface area contributed by atoms with Gasteiger partial charge in [0.05, 0.1) is 22.2 Å². The Kier molecular flexibility index (Phi) is 4.37. The summed E-state index contributed by atoms with van der Waals surface area (Å²) in [5.41, 5.74) is 3.48. The number of benzene rings is 3. The zero-order valence-corrected chi connectivity index (χ0v) is 16.9. The number of aryl methyl sites for hydroxylation is 1. The minimum atomic E-state index is -0.561. The Morgan fingerprint density at radius 1 is 0.933 bits per heavy atom. The number of carbonyl (C=O) groups is 2. The molecule has 0 unspecified atom stereocenters. The first-order valence-corrected chi connectivity index (χ1v) is 10.4. The van der Waals surface area contributed by atoms with Gasteiger partial charge in [-0.1, -0.05) is 48.2 Å². The highest BCUT2D eigenvalue weighted by molar-refractivity contribution is 8.04. The van der Waals surface area contributed by atoms with Crippen molar-refractivity contribution in [3.63, 3.8) is 0 Å². The molecule has 6 heteroatoms. The largest absolute Gasteiger partial charge is 0.508 e. The molecule has 0 bridgehead atoms. The van der Waals surface area contributed by atoms with Gasteiger partial charge in [-0.05, 0) is 54.4 Å². The van der Waals surface area contributed by atoms with E-state index < -0.39 is 6.04 Å². The van der Waals surface area contributed by atoms with Gasteiger partial charge < -0.3 is 10.4 Å². The normalized spacial score (nSPS) is 18.0. The van der Waals surface area contributed by atoms with Crippen molar-refractivity contribution in [1.29, 1.82) is 0 Å². The minimum Gasteiger partial charge on any atom is -0.508 e. The van der Waals surface area contributed by atoms with E-state index in [-0.39, 0.29) is 17.6 Å². The number of carbonyl (C=O) groups excluding carboxylic acids is 2. The Morgan fingerprint density at radius 3 is 2.53 bits per heavy atom. The fraction of sp³-hybridized carbons (Fsp3) is 0.0833. The quantitative estimate of drug-likeness (QED) is 0.590. The van der Waals surface area contributed by atoms with Gasteiger partial charge in [0.2, 0.25) is 0 Å². The summed E-state index contributed by atoms with van der Waals surface area (Å²) < 4.78 is 0. The van der Waals surface area contributed by atoms with E-state index in [0.717, 1.165) is 16.1 Å². The topological polar surface area (TPSA) is 69.6 Å². The lowest BCUT2D eigenvalue weighted by molar-refractivity contribution is -0.120. The number of phenolic OH excluding ortho intramolecular Hbond substituents is 1. The van der Waals surface area contributed by atoms with Gasteiger partial charge in [0.15, 0.2) is 0 Å². The number of phenols is 1. The van der Waals surface area contributed by atoms with E-state index >= 15 is 0 Å². The predicted octanol–water partition coefficient (Wildman–Crippen LogP) is 4.79. The Hall–Kier alpha value is -3.51. The molecule has 0 aromatic heterocycles. The minimum absolute atomic E-state index is 0.106. The number of nitrogens with zero attached hydrogens (tertiary/aromatic N) is 1. The highest BCUT2D eigenvalue weighted by Gasteiger charge is 2.45. The lowest BCUT2D eigenvalue weighted by Crippen LogP contribution is -2.33. The highest BCUT2D eigenvalue weighted by atomic mass is 32.2. The van der Waals surface area contributed by atoms with Crippen molar-refractivity contribution in [2.24, 2.45) is 0 Å². The second kappa shape index (κ2) is 7.07. The van der Waals surface area contributed by atoms with E-state index in [1.807, 2.05) is 55.5 Å². The smallest absolute Gasteiger partial charge is 0.272 e. The number of thioether (sulfide) groups is 1. The number of aromatic hydroxyl groups is 1. The van der Waals surface area contributed by atoms with Crippen LogP contribution in [-0.4, -0.2) is 16.9 Å². The van der Waals surface area contributed by atoms with Crippen LogP contribution in [-0.2, 0) is 9.59 Å². The fourth-order valence-electron chi connectivity index (χ4n) is 3.85. The first-order valence-electron chi connectivity index (χ1n) is 9.55. The third kappa shape index (κ3) is 2.97. The average molecular weight is 414 g/mol. The van der Waals surface area contributed by atoms with Crippen LogP contribution in [0.2, 0.25) is 0 Å². The van der Waals surface area contributed by atoms with Crippen molar-refractivity contribution >= 4 is 35.0 Å². The molecule has 0 fully saturated rings. The number of anilines is 2. The molecule has 2 heterocycles. The average Bonchev–Trinajstić information content (AvgIpc) is 2.88. The zero-order valence-electron chi connectivity index (χ0n) is 16.1. The summed E-state index contributed by atoms with van der Waals surface area (Å²) in [5.74, 6) is -0.565. The van der Waals surface area contributed by atoms with Crippen molar-refractivity contribution in [1.82, 2.24) is 0 Å². The molecule has 5 rings (SSSR count). The molecule has 5 nitrogen and oxygen atoms in total. The Morgan fingerprint density at radius 2 is 1.73 bits per heavy atom. The maximum atomic E-state index is 13.6. The zero-order chi connectivity index (χ0) is 20.8. The number of rotatable bonds is 2. The molecule has 0 aliphatic carbocycles. The van der Waals surface area contributed by atoms with Gasteiger partial charge >= 0.3 is 0 Å². The van der Waals surface area contributed by atoms with Gasteiger partial charge in [0, 0.05) is 10.6 Å². The Labute approximate surface area is 178 Å². The van der Waals surface area contributed by atoms with Crippen molar-refractivity contribution < 1.29 is 14.7 Å². The summed E-state index contributed by atoms with van der Waals surface area (Å²) in [6.07, 6.45) is 0. The van der Waals surface area contributed by atoms with Crippen LogP contribution < -0.4 is 10.2 Å². The number of hydrogen-bond donors (Lipinski definition) is 2. The van der Waals surface area contributed by atoms with Crippen molar-refractivity contribution in [2.75, 3.05) is 10.2 Å². The maximum absolute atomic E-state index is 13.6. The first kappa shape index (κ1) is 18.5. The molecular formula is C24H18N2O3S. The lowest BCUT2D eigenvalue weighted by atomic mass is 9.97. The molecule has 0 radical (unpaired) electrons. The molecule has 30 heavy (non-hydrogen) atoms. The van der Waals surface area contributed by atoms with Crippen LogP contribution in [0.5, 0.6) is 5.75 Å². The molecule has 2 amide bonds. The van der Waals surface area contributed by atoms with Crippen LogP contribution >= 0.6 is 11.8 Å². The van der Waals surface area contributed by atoms with Crippen LogP contribution in [0.25, 0.3) is 0 Å². The number of hydrogen-bond acceptors (Lipinski definition) is 5. The Balaban J connectivity index is 1.68. The van der Waals surface area contributed by atoms with E-state index in [9.17, 15) is 14.7 Å². The molecule has 3 aromatic rings. The third-order valence-corrected chi connectivity index (χ3v) is 6.40. The Bertz CT molecular complexity index is 1230. The van der Waals surface area contributed by atoms with Crippen molar-refractivity contribution in [2.45, 2.75) is 17.9 Å². The van der Waals surface area contributed by atoms with Crippen LogP contribution in [0.15, 0.2) is 88.2 Å². The third-order valence-electron chi connectivity index (χ3n) is 5.23. The second-order valence-electron chi connectivity index (χ2n) is 7.30. The number of amides is 2. The summed E-state index contributed by atoms with van der Waals surface area (Å²) in [7, 11) is 0.